The van der Waals surface area contributed by atoms with E-state index in [4.69, 9.17) is 9.47 Å². The summed E-state index contributed by atoms with van der Waals surface area (Å²) in [6.45, 7) is 2.22. The summed E-state index contributed by atoms with van der Waals surface area (Å²) in [5, 5.41) is 2.85. The van der Waals surface area contributed by atoms with Gasteiger partial charge >= 0.3 is 0 Å². The third-order valence-electron chi connectivity index (χ3n) is 3.45. The second-order valence-electron chi connectivity index (χ2n) is 5.14. The molecule has 1 aliphatic rings. The summed E-state index contributed by atoms with van der Waals surface area (Å²) in [7, 11) is 0. The van der Waals surface area contributed by atoms with Gasteiger partial charge in [0.2, 0.25) is 12.7 Å². The standard InChI is InChI=1S/C19H17NO3/c1-14-6-2-4-8-16(14)20-19(21)9-5-3-7-15-10-11-17-18(12-15)23-13-22-17/h2-12H,13H2,1H3,(H,20,21)/b7-3+,9-5+. The number of allylic oxidation sites excluding steroid dienone is 2. The predicted octanol–water partition coefficient (Wildman–Crippen LogP) is 3.93. The van der Waals surface area contributed by atoms with Gasteiger partial charge in [-0.3, -0.25) is 4.79 Å². The zero-order valence-corrected chi connectivity index (χ0v) is 12.8. The molecule has 1 heterocycles. The molecule has 1 N–H and O–H groups in total. The van der Waals surface area contributed by atoms with E-state index in [0.29, 0.717) is 0 Å². The van der Waals surface area contributed by atoms with E-state index in [1.807, 2.05) is 61.5 Å². The molecule has 116 valence electrons. The first-order valence-corrected chi connectivity index (χ1v) is 7.33. The van der Waals surface area contributed by atoms with Crippen molar-refractivity contribution in [2.75, 3.05) is 12.1 Å². The molecule has 23 heavy (non-hydrogen) atoms. The maximum Gasteiger partial charge on any atom is 0.248 e. The van der Waals surface area contributed by atoms with E-state index in [1.165, 1.54) is 6.08 Å². The number of fused-ring (bicyclic) bond motifs is 1. The van der Waals surface area contributed by atoms with Crippen LogP contribution in [0.25, 0.3) is 6.08 Å². The molecule has 0 aliphatic carbocycles. The van der Waals surface area contributed by atoms with E-state index in [2.05, 4.69) is 5.32 Å². The van der Waals surface area contributed by atoms with Crippen LogP contribution in [-0.4, -0.2) is 12.7 Å². The highest BCUT2D eigenvalue weighted by atomic mass is 16.7. The Bertz CT molecular complexity index is 778. The second kappa shape index (κ2) is 6.83. The van der Waals surface area contributed by atoms with Crippen LogP contribution in [0.1, 0.15) is 11.1 Å². The molecule has 4 heteroatoms. The molecular weight excluding hydrogens is 290 g/mol. The number of hydrogen-bond acceptors (Lipinski definition) is 3. The van der Waals surface area contributed by atoms with Crippen LogP contribution in [0.15, 0.2) is 60.7 Å². The van der Waals surface area contributed by atoms with Crippen molar-refractivity contribution in [1.82, 2.24) is 0 Å². The molecule has 0 bridgehead atoms. The first kappa shape index (κ1) is 14.9. The molecule has 0 spiro atoms. The van der Waals surface area contributed by atoms with E-state index in [0.717, 1.165) is 28.3 Å². The number of anilines is 1. The molecule has 1 aliphatic heterocycles. The second-order valence-corrected chi connectivity index (χ2v) is 5.14. The van der Waals surface area contributed by atoms with Crippen molar-refractivity contribution in [2.45, 2.75) is 6.92 Å². The van der Waals surface area contributed by atoms with Crippen LogP contribution in [-0.2, 0) is 4.79 Å². The van der Waals surface area contributed by atoms with Gasteiger partial charge in [-0.2, -0.15) is 0 Å². The van der Waals surface area contributed by atoms with Gasteiger partial charge in [0.15, 0.2) is 11.5 Å². The van der Waals surface area contributed by atoms with Crippen LogP contribution in [0.5, 0.6) is 11.5 Å². The number of amides is 1. The summed E-state index contributed by atoms with van der Waals surface area (Å²) >= 11 is 0. The van der Waals surface area contributed by atoms with Crippen molar-refractivity contribution < 1.29 is 14.3 Å². The van der Waals surface area contributed by atoms with Gasteiger partial charge in [-0.05, 0) is 36.2 Å². The largest absolute Gasteiger partial charge is 0.454 e. The van der Waals surface area contributed by atoms with Crippen LogP contribution in [0.4, 0.5) is 5.69 Å². The monoisotopic (exact) mass is 307 g/mol. The van der Waals surface area contributed by atoms with Gasteiger partial charge in [0.1, 0.15) is 0 Å². The number of aryl methyl sites for hydroxylation is 1. The Hall–Kier alpha value is -3.01. The quantitative estimate of drug-likeness (QED) is 0.687. The highest BCUT2D eigenvalue weighted by Gasteiger charge is 2.11. The maximum atomic E-state index is 11.9. The lowest BCUT2D eigenvalue weighted by Gasteiger charge is -2.04. The first-order chi connectivity index (χ1) is 11.2. The summed E-state index contributed by atoms with van der Waals surface area (Å²) in [5.74, 6) is 1.35. The van der Waals surface area contributed by atoms with E-state index in [-0.39, 0.29) is 12.7 Å². The molecule has 1 amide bonds. The number of carbonyl (C=O) groups is 1. The zero-order valence-electron chi connectivity index (χ0n) is 12.8. The SMILES string of the molecule is Cc1ccccc1NC(=O)/C=C/C=C/c1ccc2c(c1)OCO2. The van der Waals surface area contributed by atoms with Crippen molar-refractivity contribution in [2.24, 2.45) is 0 Å². The van der Waals surface area contributed by atoms with Crippen LogP contribution < -0.4 is 14.8 Å². The summed E-state index contributed by atoms with van der Waals surface area (Å²) in [5.41, 5.74) is 2.84. The average Bonchev–Trinajstić information content (AvgIpc) is 3.01. The van der Waals surface area contributed by atoms with Crippen molar-refractivity contribution >= 4 is 17.7 Å². The Kier molecular flexibility index (Phi) is 4.43. The van der Waals surface area contributed by atoms with Gasteiger partial charge in [-0.1, -0.05) is 42.5 Å². The number of para-hydroxylation sites is 1. The Morgan fingerprint density at radius 2 is 1.91 bits per heavy atom. The maximum absolute atomic E-state index is 11.9. The Balaban J connectivity index is 1.58. The Morgan fingerprint density at radius 3 is 2.78 bits per heavy atom. The van der Waals surface area contributed by atoms with Gasteiger partial charge in [-0.25, -0.2) is 0 Å². The fourth-order valence-electron chi connectivity index (χ4n) is 2.21. The normalized spacial score (nSPS) is 12.9. The minimum atomic E-state index is -0.158. The van der Waals surface area contributed by atoms with Gasteiger partial charge < -0.3 is 14.8 Å². The summed E-state index contributed by atoms with van der Waals surface area (Å²) in [6.07, 6.45) is 6.92. The molecule has 2 aromatic rings. The lowest BCUT2D eigenvalue weighted by atomic mass is 10.2. The summed E-state index contributed by atoms with van der Waals surface area (Å²) < 4.78 is 10.6. The van der Waals surface area contributed by atoms with Gasteiger partial charge in [0.25, 0.3) is 0 Å². The van der Waals surface area contributed by atoms with Crippen molar-refractivity contribution in [3.8, 4) is 11.5 Å². The van der Waals surface area contributed by atoms with Crippen molar-refractivity contribution in [3.63, 3.8) is 0 Å². The average molecular weight is 307 g/mol. The highest BCUT2D eigenvalue weighted by molar-refractivity contribution is 5.99. The molecule has 0 unspecified atom stereocenters. The molecule has 0 fully saturated rings. The number of benzene rings is 2. The smallest absolute Gasteiger partial charge is 0.248 e. The molecule has 0 aromatic heterocycles. The van der Waals surface area contributed by atoms with Crippen LogP contribution in [0.3, 0.4) is 0 Å². The fraction of sp³-hybridized carbons (Fsp3) is 0.105. The van der Waals surface area contributed by atoms with E-state index >= 15 is 0 Å². The minimum Gasteiger partial charge on any atom is -0.454 e. The molecule has 0 saturated carbocycles. The number of carbonyl (C=O) groups excluding carboxylic acids is 1. The number of ether oxygens (including phenoxy) is 2. The topological polar surface area (TPSA) is 47.6 Å². The third kappa shape index (κ3) is 3.80. The molecule has 4 nitrogen and oxygen atoms in total. The molecular formula is C19H17NO3. The molecule has 3 rings (SSSR count). The fourth-order valence-corrected chi connectivity index (χ4v) is 2.21. The number of hydrogen-bond donors (Lipinski definition) is 1. The molecule has 0 saturated heterocycles. The van der Waals surface area contributed by atoms with Crippen LogP contribution in [0, 0.1) is 6.92 Å². The number of rotatable bonds is 4. The predicted molar refractivity (Wildman–Crippen MR) is 90.5 cm³/mol. The van der Waals surface area contributed by atoms with E-state index in [9.17, 15) is 4.79 Å². The molecule has 2 aromatic carbocycles. The summed E-state index contributed by atoms with van der Waals surface area (Å²) in [4.78, 5) is 11.9. The molecule has 0 atom stereocenters. The molecule has 0 radical (unpaired) electrons. The van der Waals surface area contributed by atoms with E-state index < -0.39 is 0 Å². The highest BCUT2D eigenvalue weighted by Crippen LogP contribution is 2.32. The van der Waals surface area contributed by atoms with Gasteiger partial charge in [-0.15, -0.1) is 0 Å². The van der Waals surface area contributed by atoms with Crippen molar-refractivity contribution in [1.29, 1.82) is 0 Å². The Labute approximate surface area is 135 Å². The van der Waals surface area contributed by atoms with Crippen molar-refractivity contribution in [3.05, 3.63) is 71.8 Å². The van der Waals surface area contributed by atoms with Gasteiger partial charge in [0.05, 0.1) is 0 Å². The lowest BCUT2D eigenvalue weighted by molar-refractivity contribution is -0.111. The van der Waals surface area contributed by atoms with E-state index in [1.54, 1.807) is 6.08 Å². The van der Waals surface area contributed by atoms with Gasteiger partial charge in [0, 0.05) is 11.8 Å². The summed E-state index contributed by atoms with van der Waals surface area (Å²) in [6, 6.07) is 13.4. The lowest BCUT2D eigenvalue weighted by Crippen LogP contribution is -2.08. The van der Waals surface area contributed by atoms with Crippen LogP contribution in [0.2, 0.25) is 0 Å². The minimum absolute atomic E-state index is 0.158. The Morgan fingerprint density at radius 1 is 1.09 bits per heavy atom. The van der Waals surface area contributed by atoms with Crippen LogP contribution >= 0.6 is 0 Å². The zero-order chi connectivity index (χ0) is 16.1. The first-order valence-electron chi connectivity index (χ1n) is 7.33. The number of nitrogens with one attached hydrogen (secondary N) is 1. The third-order valence-corrected chi connectivity index (χ3v) is 3.45.